The van der Waals surface area contributed by atoms with Gasteiger partial charge in [-0.15, -0.1) is 12.4 Å². The van der Waals surface area contributed by atoms with E-state index >= 15 is 0 Å². The first-order valence-corrected chi connectivity index (χ1v) is 8.42. The van der Waals surface area contributed by atoms with Crippen molar-refractivity contribution in [2.24, 2.45) is 0 Å². The Morgan fingerprint density at radius 2 is 1.85 bits per heavy atom. The molecule has 0 spiro atoms. The van der Waals surface area contributed by atoms with Gasteiger partial charge in [-0.05, 0) is 41.8 Å². The molecule has 3 aliphatic rings. The summed E-state index contributed by atoms with van der Waals surface area (Å²) >= 11 is 0. The summed E-state index contributed by atoms with van der Waals surface area (Å²) in [6.07, 6.45) is 3.23. The molecule has 0 bridgehead atoms. The number of benzene rings is 2. The summed E-state index contributed by atoms with van der Waals surface area (Å²) in [6.45, 7) is 2.09. The molecule has 0 atom stereocenters. The minimum absolute atomic E-state index is 0. The fraction of sp³-hybridized carbons (Fsp3) is 0.300. The summed E-state index contributed by atoms with van der Waals surface area (Å²) in [4.78, 5) is 2.40. The summed E-state index contributed by atoms with van der Waals surface area (Å²) in [7, 11) is 3.37. The normalized spacial score (nSPS) is 15.9. The standard InChI is InChI=1S/C20H19NO4.ClH/c1-22-17-4-3-12-7-16-14-9-19-18(24-11-25-19)8-13(14)5-6-21(16)10-15(12)20(17)23-2;/h3-4,7-9H,5-6,10-11H2,1-2H3;1H. The Morgan fingerprint density at radius 1 is 1.04 bits per heavy atom. The molecule has 136 valence electrons. The largest absolute Gasteiger partial charge is 0.493 e. The number of nitrogens with zero attached hydrogens (tertiary/aromatic N) is 1. The van der Waals surface area contributed by atoms with Crippen LogP contribution in [-0.2, 0) is 13.0 Å². The fourth-order valence-corrected chi connectivity index (χ4v) is 3.95. The third kappa shape index (κ3) is 2.38. The molecule has 5 nitrogen and oxygen atoms in total. The van der Waals surface area contributed by atoms with Gasteiger partial charge in [-0.2, -0.15) is 0 Å². The summed E-state index contributed by atoms with van der Waals surface area (Å²) in [5.74, 6) is 3.29. The Labute approximate surface area is 158 Å². The molecule has 3 aliphatic heterocycles. The first-order chi connectivity index (χ1) is 12.3. The summed E-state index contributed by atoms with van der Waals surface area (Å²) in [5, 5.41) is 0. The van der Waals surface area contributed by atoms with Crippen molar-refractivity contribution in [1.82, 2.24) is 4.90 Å². The van der Waals surface area contributed by atoms with Gasteiger partial charge in [0.15, 0.2) is 23.0 Å². The van der Waals surface area contributed by atoms with Crippen LogP contribution < -0.4 is 18.9 Å². The van der Waals surface area contributed by atoms with E-state index in [0.29, 0.717) is 6.79 Å². The molecule has 0 saturated heterocycles. The zero-order valence-corrected chi connectivity index (χ0v) is 15.5. The second-order valence-corrected chi connectivity index (χ2v) is 6.43. The molecule has 0 amide bonds. The first-order valence-electron chi connectivity index (χ1n) is 8.42. The Morgan fingerprint density at radius 3 is 2.62 bits per heavy atom. The highest BCUT2D eigenvalue weighted by Gasteiger charge is 2.30. The highest BCUT2D eigenvalue weighted by Crippen LogP contribution is 2.45. The van der Waals surface area contributed by atoms with Gasteiger partial charge in [-0.1, -0.05) is 6.07 Å². The number of hydrogen-bond acceptors (Lipinski definition) is 5. The van der Waals surface area contributed by atoms with E-state index < -0.39 is 0 Å². The van der Waals surface area contributed by atoms with E-state index in [0.717, 1.165) is 42.5 Å². The van der Waals surface area contributed by atoms with Gasteiger partial charge in [0.25, 0.3) is 0 Å². The maximum atomic E-state index is 5.63. The van der Waals surface area contributed by atoms with Crippen molar-refractivity contribution in [2.75, 3.05) is 27.6 Å². The van der Waals surface area contributed by atoms with E-state index in [1.165, 1.54) is 28.0 Å². The number of hydrogen-bond donors (Lipinski definition) is 0. The van der Waals surface area contributed by atoms with E-state index in [1.807, 2.05) is 6.07 Å². The molecule has 0 unspecified atom stereocenters. The van der Waals surface area contributed by atoms with Crippen LogP contribution in [0.1, 0.15) is 22.3 Å². The predicted octanol–water partition coefficient (Wildman–Crippen LogP) is 3.72. The van der Waals surface area contributed by atoms with Crippen LogP contribution >= 0.6 is 12.4 Å². The van der Waals surface area contributed by atoms with E-state index in [-0.39, 0.29) is 12.4 Å². The lowest BCUT2D eigenvalue weighted by molar-refractivity contribution is 0.174. The van der Waals surface area contributed by atoms with Gasteiger partial charge in [0, 0.05) is 29.9 Å². The average Bonchev–Trinajstić information content (AvgIpc) is 3.11. The molecule has 0 N–H and O–H groups in total. The topological polar surface area (TPSA) is 40.2 Å². The van der Waals surface area contributed by atoms with E-state index in [2.05, 4.69) is 29.2 Å². The number of fused-ring (bicyclic) bond motifs is 5. The molecule has 6 heteroatoms. The van der Waals surface area contributed by atoms with Gasteiger partial charge in [-0.25, -0.2) is 0 Å². The Hall–Kier alpha value is -2.53. The Bertz CT molecular complexity index is 909. The molecule has 0 fully saturated rings. The van der Waals surface area contributed by atoms with Gasteiger partial charge in [0.1, 0.15) is 0 Å². The van der Waals surface area contributed by atoms with Crippen LogP contribution in [0.4, 0.5) is 0 Å². The summed E-state index contributed by atoms with van der Waals surface area (Å²) in [5.41, 5.74) is 6.13. The number of rotatable bonds is 2. The van der Waals surface area contributed by atoms with Crippen LogP contribution in [-0.4, -0.2) is 32.5 Å². The highest BCUT2D eigenvalue weighted by molar-refractivity contribution is 5.87. The van der Waals surface area contributed by atoms with Crippen molar-refractivity contribution >= 4 is 24.2 Å². The third-order valence-corrected chi connectivity index (χ3v) is 5.19. The third-order valence-electron chi connectivity index (χ3n) is 5.19. The number of halogens is 1. The zero-order chi connectivity index (χ0) is 17.0. The maximum Gasteiger partial charge on any atom is 0.231 e. The molecule has 26 heavy (non-hydrogen) atoms. The van der Waals surface area contributed by atoms with Crippen LogP contribution in [0.2, 0.25) is 0 Å². The second kappa shape index (κ2) is 6.32. The summed E-state index contributed by atoms with van der Waals surface area (Å²) < 4.78 is 22.2. The molecule has 5 rings (SSSR count). The predicted molar refractivity (Wildman–Crippen MR) is 101 cm³/mol. The summed E-state index contributed by atoms with van der Waals surface area (Å²) in [6, 6.07) is 8.30. The van der Waals surface area contributed by atoms with Crippen molar-refractivity contribution in [1.29, 1.82) is 0 Å². The van der Waals surface area contributed by atoms with Crippen LogP contribution in [0.3, 0.4) is 0 Å². The second-order valence-electron chi connectivity index (χ2n) is 6.43. The highest BCUT2D eigenvalue weighted by atomic mass is 35.5. The van der Waals surface area contributed by atoms with Crippen molar-refractivity contribution in [2.45, 2.75) is 13.0 Å². The number of ether oxygens (including phenoxy) is 4. The van der Waals surface area contributed by atoms with Crippen molar-refractivity contribution < 1.29 is 18.9 Å². The van der Waals surface area contributed by atoms with Crippen molar-refractivity contribution in [3.05, 3.63) is 46.5 Å². The van der Waals surface area contributed by atoms with Gasteiger partial charge in [0.2, 0.25) is 6.79 Å². The quantitative estimate of drug-likeness (QED) is 0.802. The molecular formula is C20H20ClNO4. The zero-order valence-electron chi connectivity index (χ0n) is 14.7. The fourth-order valence-electron chi connectivity index (χ4n) is 3.95. The first kappa shape index (κ1) is 16.9. The minimum atomic E-state index is 0. The van der Waals surface area contributed by atoms with Crippen LogP contribution in [0.15, 0.2) is 24.3 Å². The van der Waals surface area contributed by atoms with E-state index in [9.17, 15) is 0 Å². The minimum Gasteiger partial charge on any atom is -0.493 e. The lowest BCUT2D eigenvalue weighted by Crippen LogP contribution is -2.31. The lowest BCUT2D eigenvalue weighted by Gasteiger charge is -2.37. The van der Waals surface area contributed by atoms with Crippen molar-refractivity contribution in [3.8, 4) is 23.0 Å². The molecule has 0 aromatic heterocycles. The molecule has 2 aromatic carbocycles. The lowest BCUT2D eigenvalue weighted by atomic mass is 9.90. The Balaban J connectivity index is 0.00000168. The van der Waals surface area contributed by atoms with Gasteiger partial charge in [-0.3, -0.25) is 0 Å². The molecule has 2 aromatic rings. The van der Waals surface area contributed by atoms with Crippen LogP contribution in [0.25, 0.3) is 11.8 Å². The number of methoxy groups -OCH3 is 2. The average molecular weight is 374 g/mol. The molecular weight excluding hydrogens is 354 g/mol. The van der Waals surface area contributed by atoms with E-state index in [4.69, 9.17) is 18.9 Å². The molecule has 0 aliphatic carbocycles. The monoisotopic (exact) mass is 373 g/mol. The molecule has 3 heterocycles. The van der Waals surface area contributed by atoms with Gasteiger partial charge >= 0.3 is 0 Å². The van der Waals surface area contributed by atoms with E-state index in [1.54, 1.807) is 14.2 Å². The molecule has 0 radical (unpaired) electrons. The smallest absolute Gasteiger partial charge is 0.231 e. The van der Waals surface area contributed by atoms with Gasteiger partial charge in [0.05, 0.1) is 14.2 Å². The Kier molecular flexibility index (Phi) is 4.11. The van der Waals surface area contributed by atoms with Crippen molar-refractivity contribution in [3.63, 3.8) is 0 Å². The maximum absolute atomic E-state index is 5.63. The SMILES string of the molecule is COc1ccc2c(c1OC)CN1CCc3cc4c(cc3C1=C2)OCO4.Cl. The van der Waals surface area contributed by atoms with Crippen LogP contribution in [0, 0.1) is 0 Å². The van der Waals surface area contributed by atoms with Gasteiger partial charge < -0.3 is 23.8 Å². The molecule has 0 saturated carbocycles. The van der Waals surface area contributed by atoms with Crippen LogP contribution in [0.5, 0.6) is 23.0 Å².